The van der Waals surface area contributed by atoms with Gasteiger partial charge in [0.25, 0.3) is 0 Å². The third kappa shape index (κ3) is 3.40. The Morgan fingerprint density at radius 1 is 1.17 bits per heavy atom. The third-order valence-electron chi connectivity index (χ3n) is 4.11. The Morgan fingerprint density at radius 2 is 1.88 bits per heavy atom. The second-order valence-electron chi connectivity index (χ2n) is 5.74. The van der Waals surface area contributed by atoms with Crippen LogP contribution in [-0.4, -0.2) is 27.2 Å². The van der Waals surface area contributed by atoms with Gasteiger partial charge in [0.05, 0.1) is 17.5 Å². The van der Waals surface area contributed by atoms with E-state index in [0.717, 1.165) is 29.1 Å². The number of fused-ring (bicyclic) bond motifs is 1. The van der Waals surface area contributed by atoms with Gasteiger partial charge >= 0.3 is 5.97 Å². The first kappa shape index (κ1) is 16.1. The SMILES string of the molecule is CCn1c([C@H](CNc2ccccc2)CC(=O)O)nc2ccccc21. The summed E-state index contributed by atoms with van der Waals surface area (Å²) in [5.74, 6) is -0.191. The molecule has 0 bridgehead atoms. The maximum Gasteiger partial charge on any atom is 0.304 e. The maximum atomic E-state index is 11.3. The zero-order valence-electron chi connectivity index (χ0n) is 13.6. The lowest BCUT2D eigenvalue weighted by atomic mass is 10.0. The van der Waals surface area contributed by atoms with Crippen LogP contribution < -0.4 is 5.32 Å². The van der Waals surface area contributed by atoms with Crippen LogP contribution >= 0.6 is 0 Å². The van der Waals surface area contributed by atoms with E-state index >= 15 is 0 Å². The van der Waals surface area contributed by atoms with Gasteiger partial charge in [0.1, 0.15) is 5.82 Å². The van der Waals surface area contributed by atoms with Crippen LogP contribution in [0.3, 0.4) is 0 Å². The molecule has 0 radical (unpaired) electrons. The number of aryl methyl sites for hydroxylation is 1. The summed E-state index contributed by atoms with van der Waals surface area (Å²) in [7, 11) is 0. The molecule has 0 fully saturated rings. The van der Waals surface area contributed by atoms with Crippen molar-refractivity contribution < 1.29 is 9.90 Å². The van der Waals surface area contributed by atoms with Crippen LogP contribution in [0.1, 0.15) is 25.1 Å². The van der Waals surface area contributed by atoms with Crippen molar-refractivity contribution in [2.24, 2.45) is 0 Å². The van der Waals surface area contributed by atoms with Gasteiger partial charge in [-0.05, 0) is 31.2 Å². The molecule has 0 saturated heterocycles. The summed E-state index contributed by atoms with van der Waals surface area (Å²) in [6, 6.07) is 17.7. The van der Waals surface area contributed by atoms with E-state index in [9.17, 15) is 9.90 Å². The average Bonchev–Trinajstić information content (AvgIpc) is 2.97. The Kier molecular flexibility index (Phi) is 4.79. The molecule has 0 aliphatic rings. The molecule has 0 amide bonds. The fraction of sp³-hybridized carbons (Fsp3) is 0.263. The van der Waals surface area contributed by atoms with Crippen LogP contribution in [-0.2, 0) is 11.3 Å². The number of aromatic nitrogens is 2. The number of carboxylic acid groups (broad SMARTS) is 1. The van der Waals surface area contributed by atoms with Crippen molar-refractivity contribution >= 4 is 22.7 Å². The first-order valence-electron chi connectivity index (χ1n) is 8.15. The highest BCUT2D eigenvalue weighted by molar-refractivity contribution is 5.76. The van der Waals surface area contributed by atoms with Crippen molar-refractivity contribution in [2.75, 3.05) is 11.9 Å². The number of nitrogens with one attached hydrogen (secondary N) is 1. The molecule has 2 N–H and O–H groups in total. The van der Waals surface area contributed by atoms with Gasteiger partial charge in [-0.3, -0.25) is 4.79 Å². The average molecular weight is 323 g/mol. The van der Waals surface area contributed by atoms with Gasteiger partial charge in [-0.15, -0.1) is 0 Å². The summed E-state index contributed by atoms with van der Waals surface area (Å²) in [6.07, 6.45) is 0.0448. The van der Waals surface area contributed by atoms with Crippen molar-refractivity contribution in [3.8, 4) is 0 Å². The Morgan fingerprint density at radius 3 is 2.58 bits per heavy atom. The van der Waals surface area contributed by atoms with Crippen LogP contribution in [0.2, 0.25) is 0 Å². The molecule has 3 aromatic rings. The molecule has 124 valence electrons. The number of hydrogen-bond acceptors (Lipinski definition) is 3. The summed E-state index contributed by atoms with van der Waals surface area (Å²) < 4.78 is 2.11. The molecule has 0 saturated carbocycles. The van der Waals surface area contributed by atoms with E-state index in [-0.39, 0.29) is 12.3 Å². The normalized spacial score (nSPS) is 12.2. The molecule has 0 spiro atoms. The van der Waals surface area contributed by atoms with Crippen molar-refractivity contribution in [2.45, 2.75) is 25.8 Å². The van der Waals surface area contributed by atoms with Gasteiger partial charge in [-0.1, -0.05) is 30.3 Å². The lowest BCUT2D eigenvalue weighted by Crippen LogP contribution is -2.20. The van der Waals surface area contributed by atoms with E-state index in [4.69, 9.17) is 4.98 Å². The molecule has 5 nitrogen and oxygen atoms in total. The second kappa shape index (κ2) is 7.17. The van der Waals surface area contributed by atoms with Crippen LogP contribution in [0.15, 0.2) is 54.6 Å². The minimum Gasteiger partial charge on any atom is -0.481 e. The highest BCUT2D eigenvalue weighted by Gasteiger charge is 2.22. The minimum atomic E-state index is -0.815. The van der Waals surface area contributed by atoms with Gasteiger partial charge < -0.3 is 15.0 Å². The number of benzene rings is 2. The largest absolute Gasteiger partial charge is 0.481 e. The summed E-state index contributed by atoms with van der Waals surface area (Å²) in [6.45, 7) is 3.34. The van der Waals surface area contributed by atoms with E-state index in [2.05, 4.69) is 16.8 Å². The highest BCUT2D eigenvalue weighted by atomic mass is 16.4. The van der Waals surface area contributed by atoms with Crippen molar-refractivity contribution in [1.29, 1.82) is 0 Å². The Labute approximate surface area is 141 Å². The number of imidazole rings is 1. The van der Waals surface area contributed by atoms with E-state index in [1.54, 1.807) is 0 Å². The number of hydrogen-bond donors (Lipinski definition) is 2. The predicted molar refractivity (Wildman–Crippen MR) is 95.3 cm³/mol. The third-order valence-corrected chi connectivity index (χ3v) is 4.11. The smallest absolute Gasteiger partial charge is 0.304 e. The van der Waals surface area contributed by atoms with Gasteiger partial charge in [-0.25, -0.2) is 4.98 Å². The molecule has 1 heterocycles. The molecule has 3 rings (SSSR count). The standard InChI is InChI=1S/C19H21N3O2/c1-2-22-17-11-7-6-10-16(17)21-19(22)14(12-18(23)24)13-20-15-8-4-3-5-9-15/h3-11,14,20H,2,12-13H2,1H3,(H,23,24)/t14-/m0/s1. The fourth-order valence-corrected chi connectivity index (χ4v) is 3.00. The Balaban J connectivity index is 1.92. The van der Waals surface area contributed by atoms with E-state index in [1.807, 2.05) is 54.6 Å². The molecule has 0 aliphatic carbocycles. The van der Waals surface area contributed by atoms with Gasteiger partial charge in [0.15, 0.2) is 0 Å². The lowest BCUT2D eigenvalue weighted by molar-refractivity contribution is -0.137. The number of carboxylic acids is 1. The molecule has 1 atom stereocenters. The van der Waals surface area contributed by atoms with Crippen molar-refractivity contribution in [1.82, 2.24) is 9.55 Å². The molecule has 5 heteroatoms. The highest BCUT2D eigenvalue weighted by Crippen LogP contribution is 2.25. The van der Waals surface area contributed by atoms with Crippen molar-refractivity contribution in [3.05, 3.63) is 60.4 Å². The second-order valence-corrected chi connectivity index (χ2v) is 5.74. The number of nitrogens with zero attached hydrogens (tertiary/aromatic N) is 2. The monoisotopic (exact) mass is 323 g/mol. The Hall–Kier alpha value is -2.82. The first-order chi connectivity index (χ1) is 11.7. The van der Waals surface area contributed by atoms with E-state index in [0.29, 0.717) is 6.54 Å². The number of rotatable bonds is 7. The molecular weight excluding hydrogens is 302 g/mol. The minimum absolute atomic E-state index is 0.0448. The molecule has 0 aliphatic heterocycles. The topological polar surface area (TPSA) is 67.2 Å². The molecule has 0 unspecified atom stereocenters. The van der Waals surface area contributed by atoms with Crippen LogP contribution in [0.25, 0.3) is 11.0 Å². The predicted octanol–water partition coefficient (Wildman–Crippen LogP) is 3.73. The molecular formula is C19H21N3O2. The fourth-order valence-electron chi connectivity index (χ4n) is 3.00. The van der Waals surface area contributed by atoms with Crippen LogP contribution in [0.5, 0.6) is 0 Å². The number of aliphatic carboxylic acids is 1. The number of anilines is 1. The summed E-state index contributed by atoms with van der Waals surface area (Å²) in [5.41, 5.74) is 2.93. The van der Waals surface area contributed by atoms with Gasteiger partial charge in [-0.2, -0.15) is 0 Å². The number of carbonyl (C=O) groups is 1. The zero-order valence-corrected chi connectivity index (χ0v) is 13.6. The summed E-state index contributed by atoms with van der Waals surface area (Å²) in [5, 5.41) is 12.6. The Bertz CT molecular complexity index is 827. The summed E-state index contributed by atoms with van der Waals surface area (Å²) in [4.78, 5) is 16.1. The summed E-state index contributed by atoms with van der Waals surface area (Å²) >= 11 is 0. The van der Waals surface area contributed by atoms with Gasteiger partial charge in [0, 0.05) is 24.7 Å². The zero-order chi connectivity index (χ0) is 16.9. The molecule has 1 aromatic heterocycles. The maximum absolute atomic E-state index is 11.3. The molecule has 24 heavy (non-hydrogen) atoms. The number of para-hydroxylation sites is 3. The quantitative estimate of drug-likeness (QED) is 0.695. The van der Waals surface area contributed by atoms with Gasteiger partial charge in [0.2, 0.25) is 0 Å². The molecule has 2 aromatic carbocycles. The van der Waals surface area contributed by atoms with Crippen molar-refractivity contribution in [3.63, 3.8) is 0 Å². The first-order valence-corrected chi connectivity index (χ1v) is 8.15. The van der Waals surface area contributed by atoms with Crippen LogP contribution in [0.4, 0.5) is 5.69 Å². The lowest BCUT2D eigenvalue weighted by Gasteiger charge is -2.17. The van der Waals surface area contributed by atoms with E-state index in [1.165, 1.54) is 0 Å². The van der Waals surface area contributed by atoms with E-state index < -0.39 is 5.97 Å². The van der Waals surface area contributed by atoms with Crippen LogP contribution in [0, 0.1) is 0 Å².